The van der Waals surface area contributed by atoms with Gasteiger partial charge >= 0.3 is 5.97 Å². The van der Waals surface area contributed by atoms with Gasteiger partial charge in [0, 0.05) is 24.8 Å². The van der Waals surface area contributed by atoms with Gasteiger partial charge in [-0.15, -0.1) is 0 Å². The summed E-state index contributed by atoms with van der Waals surface area (Å²) in [5, 5.41) is 32.7. The van der Waals surface area contributed by atoms with Crippen molar-refractivity contribution >= 4 is 17.8 Å². The number of phenolic OH excluding ortho intramolecular Hbond substituents is 2. The number of aliphatic hydroxyl groups is 1. The standard InChI is InChI=1S/C33H44N2O7/c1-5-23-15-16-33(4,32(23,2)3)42-31(41)25-12-9-17-35(25)30(40)24(18-21-10-7-6-8-11-21)34-29(39)28(38)20-22-13-14-26(36)27(37)19-22/h6-8,10-11,13-14,19,23-25,28,36-38H,5,9,12,15-18,20H2,1-4H3,(H,34,39)/t23?,24-,25-,28+,33?/m0/s1. The third kappa shape index (κ3) is 6.56. The molecule has 1 saturated heterocycles. The fourth-order valence-corrected chi connectivity index (χ4v) is 6.56. The lowest BCUT2D eigenvalue weighted by molar-refractivity contribution is -0.176. The molecule has 4 N–H and O–H groups in total. The van der Waals surface area contributed by atoms with Crippen molar-refractivity contribution in [3.63, 3.8) is 0 Å². The molecule has 2 unspecified atom stereocenters. The minimum atomic E-state index is -1.50. The summed E-state index contributed by atoms with van der Waals surface area (Å²) in [7, 11) is 0. The Hall–Kier alpha value is -3.59. The van der Waals surface area contributed by atoms with E-state index < -0.39 is 41.6 Å². The average Bonchev–Trinajstić information content (AvgIpc) is 3.53. The molecule has 9 nitrogen and oxygen atoms in total. The van der Waals surface area contributed by atoms with Gasteiger partial charge in [-0.1, -0.05) is 63.6 Å². The second-order valence-electron chi connectivity index (χ2n) is 12.5. The van der Waals surface area contributed by atoms with Crippen molar-refractivity contribution in [2.75, 3.05) is 6.54 Å². The number of phenols is 2. The molecule has 1 saturated carbocycles. The molecular weight excluding hydrogens is 536 g/mol. The van der Waals surface area contributed by atoms with E-state index in [2.05, 4.69) is 26.1 Å². The topological polar surface area (TPSA) is 136 Å². The van der Waals surface area contributed by atoms with Crippen molar-refractivity contribution in [2.24, 2.45) is 11.3 Å². The highest BCUT2D eigenvalue weighted by molar-refractivity contribution is 5.92. The third-order valence-corrected chi connectivity index (χ3v) is 9.65. The summed E-state index contributed by atoms with van der Waals surface area (Å²) >= 11 is 0. The zero-order chi connectivity index (χ0) is 30.7. The van der Waals surface area contributed by atoms with Crippen LogP contribution in [0.1, 0.15) is 70.9 Å². The van der Waals surface area contributed by atoms with Crippen LogP contribution < -0.4 is 5.32 Å². The van der Waals surface area contributed by atoms with Crippen LogP contribution in [0.4, 0.5) is 0 Å². The number of carbonyl (C=O) groups is 3. The molecule has 1 heterocycles. The molecule has 2 aromatic carbocycles. The van der Waals surface area contributed by atoms with E-state index in [9.17, 15) is 29.7 Å². The van der Waals surface area contributed by atoms with Gasteiger partial charge in [-0.2, -0.15) is 0 Å². The van der Waals surface area contributed by atoms with Gasteiger partial charge in [-0.05, 0) is 61.8 Å². The monoisotopic (exact) mass is 580 g/mol. The highest BCUT2D eigenvalue weighted by Crippen LogP contribution is 2.53. The SMILES string of the molecule is CCC1CCC(C)(OC(=O)[C@@H]2CCCN2C(=O)[C@H](Cc2ccccc2)NC(=O)[C@H](O)Cc2ccc(O)c(O)c2)C1(C)C. The van der Waals surface area contributed by atoms with Gasteiger partial charge in [0.2, 0.25) is 11.8 Å². The van der Waals surface area contributed by atoms with E-state index in [0.29, 0.717) is 30.9 Å². The van der Waals surface area contributed by atoms with E-state index >= 15 is 0 Å². The fourth-order valence-electron chi connectivity index (χ4n) is 6.56. The van der Waals surface area contributed by atoms with Crippen LogP contribution in [-0.4, -0.2) is 68.3 Å². The number of hydrogen-bond donors (Lipinski definition) is 4. The molecule has 42 heavy (non-hydrogen) atoms. The summed E-state index contributed by atoms with van der Waals surface area (Å²) in [6.45, 7) is 8.82. The Morgan fingerprint density at radius 1 is 1.00 bits per heavy atom. The molecule has 9 heteroatoms. The molecular formula is C33H44N2O7. The molecule has 4 rings (SSSR count). The van der Waals surface area contributed by atoms with Crippen molar-refractivity contribution < 1.29 is 34.4 Å². The average molecular weight is 581 g/mol. The Balaban J connectivity index is 1.50. The largest absolute Gasteiger partial charge is 0.504 e. The molecule has 0 radical (unpaired) electrons. The Labute approximate surface area is 247 Å². The Morgan fingerprint density at radius 3 is 2.36 bits per heavy atom. The van der Waals surface area contributed by atoms with Crippen molar-refractivity contribution in [2.45, 2.75) is 96.4 Å². The molecule has 228 valence electrons. The number of carbonyl (C=O) groups excluding carboxylic acids is 3. The molecule has 1 aliphatic heterocycles. The molecule has 0 aromatic heterocycles. The van der Waals surface area contributed by atoms with Gasteiger partial charge < -0.3 is 30.3 Å². The molecule has 0 bridgehead atoms. The number of nitrogens with one attached hydrogen (secondary N) is 1. The van der Waals surface area contributed by atoms with Crippen LogP contribution in [0.2, 0.25) is 0 Å². The van der Waals surface area contributed by atoms with Crippen molar-refractivity contribution in [3.8, 4) is 11.5 Å². The van der Waals surface area contributed by atoms with Gasteiger partial charge in [0.15, 0.2) is 11.5 Å². The van der Waals surface area contributed by atoms with E-state index in [1.54, 1.807) is 0 Å². The predicted octanol–water partition coefficient (Wildman–Crippen LogP) is 3.87. The van der Waals surface area contributed by atoms with E-state index in [4.69, 9.17) is 4.74 Å². The number of aromatic hydroxyl groups is 2. The van der Waals surface area contributed by atoms with Crippen molar-refractivity contribution in [3.05, 3.63) is 59.7 Å². The van der Waals surface area contributed by atoms with Crippen LogP contribution in [0.15, 0.2) is 48.5 Å². The maximum atomic E-state index is 14.0. The maximum absolute atomic E-state index is 14.0. The first kappa shape index (κ1) is 31.3. The minimum absolute atomic E-state index is 0.127. The molecule has 0 spiro atoms. The smallest absolute Gasteiger partial charge is 0.329 e. The van der Waals surface area contributed by atoms with Crippen LogP contribution in [0.25, 0.3) is 0 Å². The zero-order valence-electron chi connectivity index (χ0n) is 25.0. The van der Waals surface area contributed by atoms with Gasteiger partial charge in [-0.25, -0.2) is 4.79 Å². The lowest BCUT2D eigenvalue weighted by atomic mass is 9.72. The van der Waals surface area contributed by atoms with Crippen LogP contribution >= 0.6 is 0 Å². The number of benzene rings is 2. The number of rotatable bonds is 10. The first-order chi connectivity index (χ1) is 19.9. The zero-order valence-corrected chi connectivity index (χ0v) is 25.0. The van der Waals surface area contributed by atoms with Gasteiger partial charge in [0.1, 0.15) is 23.8 Å². The predicted molar refractivity (Wildman–Crippen MR) is 158 cm³/mol. The van der Waals surface area contributed by atoms with E-state index in [1.165, 1.54) is 23.1 Å². The number of ether oxygens (including phenoxy) is 1. The van der Waals surface area contributed by atoms with E-state index in [0.717, 1.165) is 24.8 Å². The van der Waals surface area contributed by atoms with Crippen LogP contribution in [0, 0.1) is 11.3 Å². The first-order valence-electron chi connectivity index (χ1n) is 14.9. The molecule has 2 amide bonds. The summed E-state index contributed by atoms with van der Waals surface area (Å²) in [6.07, 6.45) is 2.44. The van der Waals surface area contributed by atoms with Gasteiger partial charge in [0.25, 0.3) is 0 Å². The number of amides is 2. The number of hydrogen-bond acceptors (Lipinski definition) is 7. The highest BCUT2D eigenvalue weighted by atomic mass is 16.6. The summed E-state index contributed by atoms with van der Waals surface area (Å²) in [4.78, 5) is 42.2. The second-order valence-corrected chi connectivity index (χ2v) is 12.5. The van der Waals surface area contributed by atoms with Crippen LogP contribution in [0.5, 0.6) is 11.5 Å². The maximum Gasteiger partial charge on any atom is 0.329 e. The lowest BCUT2D eigenvalue weighted by Crippen LogP contribution is -2.55. The van der Waals surface area contributed by atoms with E-state index in [1.807, 2.05) is 37.3 Å². The lowest BCUT2D eigenvalue weighted by Gasteiger charge is -2.42. The Morgan fingerprint density at radius 2 is 1.71 bits per heavy atom. The summed E-state index contributed by atoms with van der Waals surface area (Å²) in [5.74, 6) is -1.78. The third-order valence-electron chi connectivity index (χ3n) is 9.65. The minimum Gasteiger partial charge on any atom is -0.504 e. The highest BCUT2D eigenvalue weighted by Gasteiger charge is 2.54. The summed E-state index contributed by atoms with van der Waals surface area (Å²) in [5.41, 5.74) is 0.430. The van der Waals surface area contributed by atoms with Gasteiger partial charge in [0.05, 0.1) is 0 Å². The normalized spacial score (nSPS) is 24.6. The van der Waals surface area contributed by atoms with Crippen molar-refractivity contribution in [1.29, 1.82) is 0 Å². The van der Waals surface area contributed by atoms with Crippen molar-refractivity contribution in [1.82, 2.24) is 10.2 Å². The second kappa shape index (κ2) is 12.7. The molecule has 2 aromatic rings. The summed E-state index contributed by atoms with van der Waals surface area (Å²) in [6, 6.07) is 11.5. The quantitative estimate of drug-likeness (QED) is 0.247. The Kier molecular flexibility index (Phi) is 9.50. The fraction of sp³-hybridized carbons (Fsp3) is 0.545. The molecule has 2 fully saturated rings. The van der Waals surface area contributed by atoms with Crippen LogP contribution in [-0.2, 0) is 32.0 Å². The number of nitrogens with zero attached hydrogens (tertiary/aromatic N) is 1. The molecule has 5 atom stereocenters. The number of esters is 1. The molecule has 2 aliphatic rings. The summed E-state index contributed by atoms with van der Waals surface area (Å²) < 4.78 is 6.21. The Bertz CT molecular complexity index is 1280. The van der Waals surface area contributed by atoms with E-state index in [-0.39, 0.29) is 29.8 Å². The van der Waals surface area contributed by atoms with Gasteiger partial charge in [-0.3, -0.25) is 9.59 Å². The number of likely N-dealkylation sites (tertiary alicyclic amines) is 1. The number of aliphatic hydroxyl groups excluding tert-OH is 1. The first-order valence-corrected chi connectivity index (χ1v) is 14.9. The van der Waals surface area contributed by atoms with Crippen LogP contribution in [0.3, 0.4) is 0 Å². The molecule has 1 aliphatic carbocycles.